The van der Waals surface area contributed by atoms with Crippen molar-refractivity contribution >= 4 is 11.6 Å². The van der Waals surface area contributed by atoms with E-state index in [4.69, 9.17) is 0 Å². The van der Waals surface area contributed by atoms with Gasteiger partial charge >= 0.3 is 0 Å². The minimum atomic E-state index is -0.313. The van der Waals surface area contributed by atoms with Crippen molar-refractivity contribution in [2.75, 3.05) is 18.0 Å². The summed E-state index contributed by atoms with van der Waals surface area (Å²) >= 11 is 0. The molecule has 1 amide bonds. The molecule has 25 heavy (non-hydrogen) atoms. The Morgan fingerprint density at radius 2 is 2.04 bits per heavy atom. The number of rotatable bonds is 4. The Hall–Kier alpha value is -2.37. The third-order valence-corrected chi connectivity index (χ3v) is 5.36. The molecule has 1 aromatic carbocycles. The van der Waals surface area contributed by atoms with Crippen molar-refractivity contribution in [1.29, 1.82) is 0 Å². The Morgan fingerprint density at radius 3 is 2.76 bits per heavy atom. The topological polar surface area (TPSA) is 50.2 Å². The third-order valence-electron chi connectivity index (χ3n) is 5.36. The number of halogens is 1. The molecule has 0 bridgehead atoms. The highest BCUT2D eigenvalue weighted by Gasteiger charge is 2.30. The summed E-state index contributed by atoms with van der Waals surface area (Å²) in [4.78, 5) is 18.7. The van der Waals surface area contributed by atoms with Crippen LogP contribution in [0.1, 0.15) is 48.5 Å². The number of nitrogens with one attached hydrogen (secondary N) is 1. The molecule has 0 radical (unpaired) electrons. The van der Waals surface area contributed by atoms with Crippen LogP contribution < -0.4 is 10.2 Å². The monoisotopic (exact) mass is 342 g/mol. The highest BCUT2D eigenvalue weighted by molar-refractivity contribution is 5.94. The number of hydrogen-bond donors (Lipinski definition) is 1. The van der Waals surface area contributed by atoms with Crippen LogP contribution in [0.2, 0.25) is 0 Å². The Bertz CT molecular complexity index is 740. The molecule has 4 rings (SSSR count). The fourth-order valence-electron chi connectivity index (χ4n) is 4.05. The maximum Gasteiger partial charge on any atom is 0.251 e. The van der Waals surface area contributed by atoms with Gasteiger partial charge in [-0.1, -0.05) is 0 Å². The van der Waals surface area contributed by atoms with E-state index in [9.17, 15) is 9.18 Å². The summed E-state index contributed by atoms with van der Waals surface area (Å²) in [5.41, 5.74) is 0.989. The van der Waals surface area contributed by atoms with Crippen molar-refractivity contribution in [3.05, 3.63) is 48.3 Å². The van der Waals surface area contributed by atoms with Crippen LogP contribution >= 0.6 is 0 Å². The SMILES string of the molecule is O=C(NC1CCCC1n1ccnc1)c1ccc(N2CCCC2)c(F)c1. The quantitative estimate of drug-likeness (QED) is 0.929. The van der Waals surface area contributed by atoms with Gasteiger partial charge in [-0.2, -0.15) is 0 Å². The summed E-state index contributed by atoms with van der Waals surface area (Å²) in [6.45, 7) is 1.77. The van der Waals surface area contributed by atoms with Crippen molar-refractivity contribution in [3.63, 3.8) is 0 Å². The first-order valence-electron chi connectivity index (χ1n) is 9.05. The van der Waals surface area contributed by atoms with E-state index >= 15 is 0 Å². The van der Waals surface area contributed by atoms with Crippen LogP contribution in [0.4, 0.5) is 10.1 Å². The molecular weight excluding hydrogens is 319 g/mol. The predicted octanol–water partition coefficient (Wildman–Crippen LogP) is 3.15. The molecule has 2 aliphatic rings. The normalized spacial score (nSPS) is 23.2. The van der Waals surface area contributed by atoms with E-state index in [1.807, 2.05) is 11.1 Å². The van der Waals surface area contributed by atoms with Crippen molar-refractivity contribution in [1.82, 2.24) is 14.9 Å². The van der Waals surface area contributed by atoms with Gasteiger partial charge in [-0.25, -0.2) is 9.37 Å². The molecule has 1 aliphatic carbocycles. The van der Waals surface area contributed by atoms with Gasteiger partial charge in [-0.05, 0) is 50.3 Å². The van der Waals surface area contributed by atoms with Gasteiger partial charge in [0.2, 0.25) is 0 Å². The van der Waals surface area contributed by atoms with E-state index in [-0.39, 0.29) is 23.8 Å². The second-order valence-electron chi connectivity index (χ2n) is 6.95. The van der Waals surface area contributed by atoms with Crippen LogP contribution in [0.15, 0.2) is 36.9 Å². The summed E-state index contributed by atoms with van der Waals surface area (Å²) in [6, 6.07) is 5.11. The van der Waals surface area contributed by atoms with Gasteiger partial charge in [0.25, 0.3) is 5.91 Å². The van der Waals surface area contributed by atoms with E-state index in [0.29, 0.717) is 11.3 Å². The largest absolute Gasteiger partial charge is 0.369 e. The molecule has 1 aromatic heterocycles. The molecule has 1 saturated heterocycles. The average Bonchev–Trinajstić information content (AvgIpc) is 3.36. The first-order chi connectivity index (χ1) is 12.2. The maximum atomic E-state index is 14.4. The van der Waals surface area contributed by atoms with Gasteiger partial charge in [0, 0.05) is 37.1 Å². The number of anilines is 1. The van der Waals surface area contributed by atoms with E-state index in [0.717, 1.165) is 45.2 Å². The predicted molar refractivity (Wildman–Crippen MR) is 94.2 cm³/mol. The number of benzene rings is 1. The summed E-state index contributed by atoms with van der Waals surface area (Å²) < 4.78 is 16.5. The van der Waals surface area contributed by atoms with Gasteiger partial charge < -0.3 is 14.8 Å². The minimum Gasteiger partial charge on any atom is -0.369 e. The number of amides is 1. The lowest BCUT2D eigenvalue weighted by Gasteiger charge is -2.23. The number of aromatic nitrogens is 2. The average molecular weight is 342 g/mol. The molecule has 1 saturated carbocycles. The summed E-state index contributed by atoms with van der Waals surface area (Å²) in [5, 5.41) is 3.08. The maximum absolute atomic E-state index is 14.4. The number of carbonyl (C=O) groups excluding carboxylic acids is 1. The molecule has 132 valence electrons. The van der Waals surface area contributed by atoms with Gasteiger partial charge in [0.05, 0.1) is 18.1 Å². The van der Waals surface area contributed by atoms with E-state index in [1.165, 1.54) is 6.07 Å². The van der Waals surface area contributed by atoms with E-state index in [1.54, 1.807) is 24.7 Å². The fraction of sp³-hybridized carbons (Fsp3) is 0.474. The molecule has 2 aromatic rings. The molecular formula is C19H23FN4O. The first-order valence-corrected chi connectivity index (χ1v) is 9.05. The van der Waals surface area contributed by atoms with Crippen LogP contribution in [0.25, 0.3) is 0 Å². The highest BCUT2D eigenvalue weighted by atomic mass is 19.1. The molecule has 2 atom stereocenters. The van der Waals surface area contributed by atoms with Gasteiger partial charge in [0.1, 0.15) is 5.82 Å². The molecule has 1 aliphatic heterocycles. The summed E-state index contributed by atoms with van der Waals surface area (Å²) in [5.74, 6) is -0.518. The molecule has 2 fully saturated rings. The van der Waals surface area contributed by atoms with Crippen LogP contribution in [0.5, 0.6) is 0 Å². The third kappa shape index (κ3) is 3.25. The molecule has 2 unspecified atom stereocenters. The second kappa shape index (κ2) is 6.86. The highest BCUT2D eigenvalue weighted by Crippen LogP contribution is 2.30. The van der Waals surface area contributed by atoms with Gasteiger partial charge in [0.15, 0.2) is 0 Å². The number of carbonyl (C=O) groups is 1. The zero-order chi connectivity index (χ0) is 17.2. The van der Waals surface area contributed by atoms with Crippen LogP contribution in [-0.2, 0) is 0 Å². The number of hydrogen-bond acceptors (Lipinski definition) is 3. The van der Waals surface area contributed by atoms with Crippen molar-refractivity contribution in [3.8, 4) is 0 Å². The van der Waals surface area contributed by atoms with E-state index in [2.05, 4.69) is 14.9 Å². The zero-order valence-electron chi connectivity index (χ0n) is 14.2. The summed E-state index contributed by atoms with van der Waals surface area (Å²) in [7, 11) is 0. The standard InChI is InChI=1S/C19H23FN4O/c20-15-12-14(6-7-17(15)23-9-1-2-10-23)19(25)22-16-4-3-5-18(16)24-11-8-21-13-24/h6-8,11-13,16,18H,1-5,9-10H2,(H,22,25). The van der Waals surface area contributed by atoms with Gasteiger partial charge in [-0.3, -0.25) is 4.79 Å². The van der Waals surface area contributed by atoms with Crippen molar-refractivity contribution in [2.45, 2.75) is 44.2 Å². The van der Waals surface area contributed by atoms with Crippen LogP contribution in [0.3, 0.4) is 0 Å². The molecule has 0 spiro atoms. The number of nitrogens with zero attached hydrogens (tertiary/aromatic N) is 3. The Morgan fingerprint density at radius 1 is 1.20 bits per heavy atom. The Kier molecular flexibility index (Phi) is 4.42. The molecule has 2 heterocycles. The Labute approximate surface area is 146 Å². The van der Waals surface area contributed by atoms with Crippen LogP contribution in [-0.4, -0.2) is 34.6 Å². The molecule has 1 N–H and O–H groups in total. The minimum absolute atomic E-state index is 0.0584. The second-order valence-corrected chi connectivity index (χ2v) is 6.95. The lowest BCUT2D eigenvalue weighted by molar-refractivity contribution is 0.0928. The lowest BCUT2D eigenvalue weighted by atomic mass is 10.1. The lowest BCUT2D eigenvalue weighted by Crippen LogP contribution is -2.38. The fourth-order valence-corrected chi connectivity index (χ4v) is 4.05. The van der Waals surface area contributed by atoms with Crippen molar-refractivity contribution < 1.29 is 9.18 Å². The number of imidazole rings is 1. The van der Waals surface area contributed by atoms with Gasteiger partial charge in [-0.15, -0.1) is 0 Å². The molecule has 5 nitrogen and oxygen atoms in total. The Balaban J connectivity index is 1.46. The molecule has 6 heteroatoms. The smallest absolute Gasteiger partial charge is 0.251 e. The first kappa shape index (κ1) is 16.1. The zero-order valence-corrected chi connectivity index (χ0v) is 14.2. The van der Waals surface area contributed by atoms with Crippen molar-refractivity contribution in [2.24, 2.45) is 0 Å². The summed E-state index contributed by atoms with van der Waals surface area (Å²) in [6.07, 6.45) is 10.7. The van der Waals surface area contributed by atoms with E-state index < -0.39 is 0 Å². The van der Waals surface area contributed by atoms with Crippen LogP contribution in [0, 0.1) is 5.82 Å².